The number of thiophene rings is 1. The third-order valence-corrected chi connectivity index (χ3v) is 10.8. The summed E-state index contributed by atoms with van der Waals surface area (Å²) in [6.45, 7) is 6.95. The third kappa shape index (κ3) is 4.88. The van der Waals surface area contributed by atoms with E-state index in [2.05, 4.69) is 199 Å². The van der Waals surface area contributed by atoms with E-state index < -0.39 is 0 Å². The van der Waals surface area contributed by atoms with Gasteiger partial charge in [-0.05, 0) is 99.5 Å². The summed E-state index contributed by atoms with van der Waals surface area (Å²) in [7, 11) is 0. The van der Waals surface area contributed by atoms with Gasteiger partial charge in [0.25, 0.3) is 6.71 Å². The number of hydrogen-bond acceptors (Lipinski definition) is 4. The molecule has 6 aromatic carbocycles. The van der Waals surface area contributed by atoms with E-state index >= 15 is 0 Å². The number of fused-ring (bicyclic) bond motifs is 4. The summed E-state index contributed by atoms with van der Waals surface area (Å²) in [4.78, 5) is 7.37. The molecule has 0 N–H and O–H groups in total. The van der Waals surface area contributed by atoms with Gasteiger partial charge in [0.05, 0.1) is 10.7 Å². The molecule has 3 heterocycles. The van der Waals surface area contributed by atoms with Crippen LogP contribution in [-0.2, 0) is 5.41 Å². The van der Waals surface area contributed by atoms with Crippen molar-refractivity contribution in [2.24, 2.45) is 0 Å². The minimum absolute atomic E-state index is 0.0739. The van der Waals surface area contributed by atoms with E-state index in [1.54, 1.807) is 0 Å². The lowest BCUT2D eigenvalue weighted by Crippen LogP contribution is -2.60. The van der Waals surface area contributed by atoms with Gasteiger partial charge in [-0.25, -0.2) is 0 Å². The van der Waals surface area contributed by atoms with Crippen LogP contribution in [0.15, 0.2) is 163 Å². The van der Waals surface area contributed by atoms with Crippen molar-refractivity contribution >= 4 is 84.9 Å². The van der Waals surface area contributed by atoms with Gasteiger partial charge in [0, 0.05) is 39.8 Å². The molecular formula is C44H36BN3S. The normalized spacial score (nSPS) is 13.1. The molecule has 2 aliphatic heterocycles. The molecule has 2 aliphatic rings. The number of anilines is 9. The van der Waals surface area contributed by atoms with Gasteiger partial charge in [0.1, 0.15) is 0 Å². The van der Waals surface area contributed by atoms with Gasteiger partial charge in [-0.1, -0.05) is 112 Å². The van der Waals surface area contributed by atoms with Crippen LogP contribution in [0.25, 0.3) is 0 Å². The quantitative estimate of drug-likeness (QED) is 0.172. The molecule has 5 heteroatoms. The van der Waals surface area contributed by atoms with Crippen LogP contribution in [-0.4, -0.2) is 6.71 Å². The summed E-state index contributed by atoms with van der Waals surface area (Å²) < 4.78 is 0. The first-order valence-corrected chi connectivity index (χ1v) is 17.9. The van der Waals surface area contributed by atoms with Crippen molar-refractivity contribution in [3.05, 3.63) is 169 Å². The Morgan fingerprint density at radius 2 is 1.06 bits per heavy atom. The van der Waals surface area contributed by atoms with Gasteiger partial charge < -0.3 is 14.7 Å². The molecule has 0 spiro atoms. The van der Waals surface area contributed by atoms with Crippen molar-refractivity contribution < 1.29 is 0 Å². The third-order valence-electron chi connectivity index (χ3n) is 9.86. The van der Waals surface area contributed by atoms with E-state index in [-0.39, 0.29) is 12.1 Å². The van der Waals surface area contributed by atoms with Gasteiger partial charge >= 0.3 is 0 Å². The maximum atomic E-state index is 2.51. The summed E-state index contributed by atoms with van der Waals surface area (Å²) >= 11 is 1.83. The predicted molar refractivity (Wildman–Crippen MR) is 212 cm³/mol. The second kappa shape index (κ2) is 11.6. The Kier molecular flexibility index (Phi) is 6.99. The summed E-state index contributed by atoms with van der Waals surface area (Å²) in [6, 6.07) is 57.7. The summed E-state index contributed by atoms with van der Waals surface area (Å²) in [5, 5.41) is 3.54. The second-order valence-electron chi connectivity index (χ2n) is 13.9. The zero-order chi connectivity index (χ0) is 33.1. The van der Waals surface area contributed by atoms with Crippen molar-refractivity contribution in [2.45, 2.75) is 26.2 Å². The van der Waals surface area contributed by atoms with Gasteiger partial charge in [-0.15, -0.1) is 11.3 Å². The standard InChI is InChI=1S/C44H36BN3S/c1-44(2,3)31-23-25-35(26-24-31)48-41-30-36(46(32-15-7-4-8-16-32)33-17-9-5-10-18-33)29-40-42(41)45(38-27-28-49-43(38)48)37-21-13-14-22-39(37)47(40)34-19-11-6-12-20-34/h4-30H,1-3H3. The van der Waals surface area contributed by atoms with Crippen LogP contribution in [0.5, 0.6) is 0 Å². The summed E-state index contributed by atoms with van der Waals surface area (Å²) in [5.74, 6) is 0. The lowest BCUT2D eigenvalue weighted by atomic mass is 9.34. The molecule has 49 heavy (non-hydrogen) atoms. The molecule has 3 nitrogen and oxygen atoms in total. The minimum atomic E-state index is 0.0739. The van der Waals surface area contributed by atoms with Crippen molar-refractivity contribution in [3.8, 4) is 0 Å². The monoisotopic (exact) mass is 649 g/mol. The minimum Gasteiger partial charge on any atom is -0.311 e. The maximum absolute atomic E-state index is 2.51. The summed E-state index contributed by atoms with van der Waals surface area (Å²) in [5.41, 5.74) is 14.7. The molecule has 7 aromatic rings. The van der Waals surface area contributed by atoms with Crippen LogP contribution < -0.4 is 31.1 Å². The first-order valence-electron chi connectivity index (χ1n) is 17.0. The highest BCUT2D eigenvalue weighted by Crippen LogP contribution is 2.48. The largest absolute Gasteiger partial charge is 0.311 e. The average molecular weight is 650 g/mol. The zero-order valence-electron chi connectivity index (χ0n) is 27.9. The highest BCUT2D eigenvalue weighted by atomic mass is 32.1. The Morgan fingerprint density at radius 3 is 1.69 bits per heavy atom. The van der Waals surface area contributed by atoms with E-state index in [1.807, 2.05) is 11.3 Å². The number of benzene rings is 6. The Hall–Kier alpha value is -5.52. The molecule has 1 aromatic heterocycles. The topological polar surface area (TPSA) is 9.72 Å². The molecule has 236 valence electrons. The molecule has 0 amide bonds. The van der Waals surface area contributed by atoms with Crippen LogP contribution in [0.4, 0.5) is 50.5 Å². The number of nitrogens with zero attached hydrogens (tertiary/aromatic N) is 3. The van der Waals surface area contributed by atoms with Crippen LogP contribution in [0.2, 0.25) is 0 Å². The van der Waals surface area contributed by atoms with Crippen LogP contribution in [0, 0.1) is 0 Å². The molecule has 0 bridgehead atoms. The maximum Gasteiger partial charge on any atom is 0.253 e. The Bertz CT molecular complexity index is 2240. The van der Waals surface area contributed by atoms with Gasteiger partial charge in [-0.3, -0.25) is 0 Å². The Balaban J connectivity index is 1.37. The first-order chi connectivity index (χ1) is 24.0. The van der Waals surface area contributed by atoms with Crippen LogP contribution in [0.1, 0.15) is 26.3 Å². The lowest BCUT2D eigenvalue weighted by Gasteiger charge is -2.44. The van der Waals surface area contributed by atoms with Crippen molar-refractivity contribution in [3.63, 3.8) is 0 Å². The van der Waals surface area contributed by atoms with E-state index in [0.29, 0.717) is 0 Å². The first kappa shape index (κ1) is 29.6. The molecule has 0 saturated heterocycles. The van der Waals surface area contributed by atoms with Crippen molar-refractivity contribution in [1.82, 2.24) is 0 Å². The van der Waals surface area contributed by atoms with Crippen LogP contribution in [0.3, 0.4) is 0 Å². The summed E-state index contributed by atoms with van der Waals surface area (Å²) in [6.07, 6.45) is 0. The average Bonchev–Trinajstić information content (AvgIpc) is 3.62. The molecule has 0 unspecified atom stereocenters. The van der Waals surface area contributed by atoms with Crippen molar-refractivity contribution in [1.29, 1.82) is 0 Å². The van der Waals surface area contributed by atoms with Crippen LogP contribution >= 0.6 is 11.3 Å². The van der Waals surface area contributed by atoms with E-state index in [1.165, 1.54) is 49.7 Å². The Labute approximate surface area is 293 Å². The molecule has 0 atom stereocenters. The number of rotatable bonds is 5. The smallest absolute Gasteiger partial charge is 0.253 e. The molecule has 0 saturated carbocycles. The highest BCUT2D eigenvalue weighted by Gasteiger charge is 2.44. The van der Waals surface area contributed by atoms with E-state index in [0.717, 1.165) is 22.7 Å². The predicted octanol–water partition coefficient (Wildman–Crippen LogP) is 10.6. The van der Waals surface area contributed by atoms with Gasteiger partial charge in [0.15, 0.2) is 0 Å². The zero-order valence-corrected chi connectivity index (χ0v) is 28.7. The van der Waals surface area contributed by atoms with Gasteiger partial charge in [-0.2, -0.15) is 0 Å². The SMILES string of the molecule is CC(C)(C)c1ccc(N2c3cc(N(c4ccccc4)c4ccccc4)cc4c3B(c3ccccc3N4c3ccccc3)c3ccsc32)cc1. The Morgan fingerprint density at radius 1 is 0.510 bits per heavy atom. The van der Waals surface area contributed by atoms with Gasteiger partial charge in [0.2, 0.25) is 0 Å². The fourth-order valence-corrected chi connectivity index (χ4v) is 8.57. The number of para-hydroxylation sites is 4. The van der Waals surface area contributed by atoms with Crippen molar-refractivity contribution in [2.75, 3.05) is 14.7 Å². The fraction of sp³-hybridized carbons (Fsp3) is 0.0909. The molecule has 0 fully saturated rings. The molecular weight excluding hydrogens is 613 g/mol. The molecule has 9 rings (SSSR count). The van der Waals surface area contributed by atoms with E-state index in [9.17, 15) is 0 Å². The molecule has 0 aliphatic carbocycles. The second-order valence-corrected chi connectivity index (χ2v) is 14.8. The highest BCUT2D eigenvalue weighted by molar-refractivity contribution is 7.18. The fourth-order valence-electron chi connectivity index (χ4n) is 7.59. The van der Waals surface area contributed by atoms with E-state index in [4.69, 9.17) is 0 Å². The lowest BCUT2D eigenvalue weighted by molar-refractivity contribution is 0.590. The molecule has 0 radical (unpaired) electrons. The number of hydrogen-bond donors (Lipinski definition) is 0.